The molecule has 164 valence electrons. The van der Waals surface area contributed by atoms with Gasteiger partial charge in [0.05, 0.1) is 5.69 Å². The lowest BCUT2D eigenvalue weighted by Crippen LogP contribution is -2.45. The number of nitrogens with one attached hydrogen (secondary N) is 1. The monoisotopic (exact) mass is 437 g/mol. The topological polar surface area (TPSA) is 61.8 Å². The van der Waals surface area contributed by atoms with Gasteiger partial charge in [-0.05, 0) is 43.2 Å². The summed E-state index contributed by atoms with van der Waals surface area (Å²) in [6, 6.07) is 17.3. The molecule has 31 heavy (non-hydrogen) atoms. The van der Waals surface area contributed by atoms with Gasteiger partial charge in [0.25, 0.3) is 0 Å². The highest BCUT2D eigenvalue weighted by atomic mass is 32.2. The van der Waals surface area contributed by atoms with Crippen LogP contribution in [0.4, 0.5) is 11.4 Å². The van der Waals surface area contributed by atoms with E-state index in [1.165, 1.54) is 31.0 Å². The van der Waals surface area contributed by atoms with Gasteiger partial charge in [-0.25, -0.2) is 4.99 Å². The van der Waals surface area contributed by atoms with Crippen molar-refractivity contribution in [2.45, 2.75) is 57.6 Å². The van der Waals surface area contributed by atoms with E-state index in [1.807, 2.05) is 61.5 Å². The van der Waals surface area contributed by atoms with Crippen molar-refractivity contribution in [2.24, 2.45) is 4.99 Å². The van der Waals surface area contributed by atoms with E-state index in [0.29, 0.717) is 11.7 Å². The summed E-state index contributed by atoms with van der Waals surface area (Å²) < 4.78 is 0. The number of rotatable bonds is 9. The molecule has 3 rings (SSSR count). The first-order valence-electron chi connectivity index (χ1n) is 11.0. The number of amidine groups is 1. The third kappa shape index (κ3) is 6.96. The van der Waals surface area contributed by atoms with E-state index in [2.05, 4.69) is 12.2 Å². The Labute approximate surface area is 189 Å². The van der Waals surface area contributed by atoms with E-state index >= 15 is 0 Å². The highest BCUT2D eigenvalue weighted by Crippen LogP contribution is 2.30. The van der Waals surface area contributed by atoms with Crippen molar-refractivity contribution in [1.29, 1.82) is 0 Å². The van der Waals surface area contributed by atoms with Crippen molar-refractivity contribution in [3.63, 3.8) is 0 Å². The van der Waals surface area contributed by atoms with E-state index in [1.54, 1.807) is 4.90 Å². The molecular weight excluding hydrogens is 406 g/mol. The van der Waals surface area contributed by atoms with Gasteiger partial charge >= 0.3 is 0 Å². The highest BCUT2D eigenvalue weighted by Gasteiger charge is 2.35. The fourth-order valence-electron chi connectivity index (χ4n) is 3.49. The largest absolute Gasteiger partial charge is 0.325 e. The normalized spacial score (nSPS) is 17.7. The summed E-state index contributed by atoms with van der Waals surface area (Å²) in [5, 5.41) is 3.07. The Kier molecular flexibility index (Phi) is 8.71. The Bertz CT molecular complexity index is 914. The van der Waals surface area contributed by atoms with Gasteiger partial charge in [-0.1, -0.05) is 74.7 Å². The first-order valence-corrected chi connectivity index (χ1v) is 11.9. The zero-order valence-corrected chi connectivity index (χ0v) is 19.2. The average Bonchev–Trinajstić information content (AvgIpc) is 2.75. The van der Waals surface area contributed by atoms with E-state index < -0.39 is 5.25 Å². The molecule has 1 unspecified atom stereocenters. The summed E-state index contributed by atoms with van der Waals surface area (Å²) in [4.78, 5) is 32.4. The van der Waals surface area contributed by atoms with E-state index in [4.69, 9.17) is 4.99 Å². The number of aryl methyl sites for hydroxylation is 1. The van der Waals surface area contributed by atoms with Crippen molar-refractivity contribution in [3.8, 4) is 0 Å². The number of nitrogens with zero attached hydrogens (tertiary/aromatic N) is 2. The SMILES string of the molecule is CCCCCCCN1C(=O)CC(C(=O)Nc2cccc(C)c2)SC1=Nc1ccccc1. The summed E-state index contributed by atoms with van der Waals surface area (Å²) in [5.74, 6) is -0.194. The van der Waals surface area contributed by atoms with Crippen LogP contribution >= 0.6 is 11.8 Å². The Balaban J connectivity index is 1.73. The summed E-state index contributed by atoms with van der Waals surface area (Å²) in [5.41, 5.74) is 2.61. The molecule has 6 heteroatoms. The van der Waals surface area contributed by atoms with Crippen LogP contribution in [-0.2, 0) is 9.59 Å². The van der Waals surface area contributed by atoms with Gasteiger partial charge in [0, 0.05) is 18.7 Å². The minimum atomic E-state index is -0.494. The second kappa shape index (κ2) is 11.7. The molecule has 1 saturated heterocycles. The summed E-state index contributed by atoms with van der Waals surface area (Å²) in [6.45, 7) is 4.82. The van der Waals surface area contributed by atoms with Crippen LogP contribution in [0.5, 0.6) is 0 Å². The molecular formula is C25H31N3O2S. The maximum atomic E-state index is 13.0. The van der Waals surface area contributed by atoms with Crippen molar-refractivity contribution in [3.05, 3.63) is 60.2 Å². The number of anilines is 1. The molecule has 0 saturated carbocycles. The maximum Gasteiger partial charge on any atom is 0.238 e. The number of aliphatic imine (C=N–C) groups is 1. The van der Waals surface area contributed by atoms with Crippen LogP contribution in [-0.4, -0.2) is 33.7 Å². The lowest BCUT2D eigenvalue weighted by atomic mass is 10.1. The van der Waals surface area contributed by atoms with Crippen molar-refractivity contribution in [2.75, 3.05) is 11.9 Å². The number of hydrogen-bond donors (Lipinski definition) is 1. The fraction of sp³-hybridized carbons (Fsp3) is 0.400. The Morgan fingerprint density at radius 2 is 1.87 bits per heavy atom. The molecule has 2 aromatic carbocycles. The molecule has 1 aliphatic heterocycles. The van der Waals surface area contributed by atoms with Crippen molar-refractivity contribution in [1.82, 2.24) is 4.90 Å². The lowest BCUT2D eigenvalue weighted by Gasteiger charge is -2.32. The standard InChI is InChI=1S/C25H31N3O2S/c1-3-4-5-6-10-16-28-23(29)18-22(24(30)26-21-15-11-12-19(2)17-21)31-25(28)27-20-13-8-7-9-14-20/h7-9,11-15,17,22H,3-6,10,16,18H2,1-2H3,(H,26,30). The number of carbonyl (C=O) groups is 2. The second-order valence-electron chi connectivity index (χ2n) is 7.86. The molecule has 1 atom stereocenters. The predicted molar refractivity (Wildman–Crippen MR) is 130 cm³/mol. The molecule has 0 spiro atoms. The molecule has 1 fully saturated rings. The van der Waals surface area contributed by atoms with E-state index in [0.717, 1.165) is 29.8 Å². The minimum absolute atomic E-state index is 0.0340. The fourth-order valence-corrected chi connectivity index (χ4v) is 4.62. The van der Waals surface area contributed by atoms with E-state index in [9.17, 15) is 9.59 Å². The maximum absolute atomic E-state index is 13.0. The average molecular weight is 438 g/mol. The molecule has 0 aliphatic carbocycles. The summed E-state index contributed by atoms with van der Waals surface area (Å²) in [7, 11) is 0. The number of unbranched alkanes of at least 4 members (excludes halogenated alkanes) is 4. The number of amides is 2. The minimum Gasteiger partial charge on any atom is -0.325 e. The molecule has 2 aromatic rings. The zero-order chi connectivity index (χ0) is 22.1. The van der Waals surface area contributed by atoms with Gasteiger partial charge in [0.15, 0.2) is 5.17 Å². The highest BCUT2D eigenvalue weighted by molar-refractivity contribution is 8.15. The smallest absolute Gasteiger partial charge is 0.238 e. The first-order chi connectivity index (χ1) is 15.1. The third-order valence-electron chi connectivity index (χ3n) is 5.18. The predicted octanol–water partition coefficient (Wildman–Crippen LogP) is 5.93. The Morgan fingerprint density at radius 1 is 1.10 bits per heavy atom. The van der Waals surface area contributed by atoms with Crippen LogP contribution in [0.3, 0.4) is 0 Å². The number of para-hydroxylation sites is 1. The molecule has 2 amide bonds. The molecule has 1 heterocycles. The lowest BCUT2D eigenvalue weighted by molar-refractivity contribution is -0.129. The first kappa shape index (κ1) is 23.1. The second-order valence-corrected chi connectivity index (χ2v) is 9.03. The summed E-state index contributed by atoms with van der Waals surface area (Å²) in [6.07, 6.45) is 5.81. The van der Waals surface area contributed by atoms with Crippen LogP contribution in [0, 0.1) is 6.92 Å². The number of thioether (sulfide) groups is 1. The van der Waals surface area contributed by atoms with Gasteiger partial charge < -0.3 is 5.32 Å². The number of benzene rings is 2. The Hall–Kier alpha value is -2.60. The van der Waals surface area contributed by atoms with Crippen LogP contribution in [0.1, 0.15) is 51.0 Å². The summed E-state index contributed by atoms with van der Waals surface area (Å²) >= 11 is 1.38. The van der Waals surface area contributed by atoms with Crippen LogP contribution in [0.15, 0.2) is 59.6 Å². The Morgan fingerprint density at radius 3 is 2.61 bits per heavy atom. The van der Waals surface area contributed by atoms with Crippen molar-refractivity contribution < 1.29 is 9.59 Å². The quantitative estimate of drug-likeness (QED) is 0.495. The van der Waals surface area contributed by atoms with Gasteiger partial charge in [0.1, 0.15) is 5.25 Å². The molecule has 5 nitrogen and oxygen atoms in total. The van der Waals surface area contributed by atoms with Crippen LogP contribution in [0.2, 0.25) is 0 Å². The molecule has 1 aliphatic rings. The third-order valence-corrected chi connectivity index (χ3v) is 6.37. The van der Waals surface area contributed by atoms with Crippen LogP contribution < -0.4 is 5.32 Å². The molecule has 1 N–H and O–H groups in total. The van der Waals surface area contributed by atoms with Gasteiger partial charge in [-0.2, -0.15) is 0 Å². The van der Waals surface area contributed by atoms with Gasteiger partial charge in [-0.15, -0.1) is 0 Å². The zero-order valence-electron chi connectivity index (χ0n) is 18.3. The van der Waals surface area contributed by atoms with E-state index in [-0.39, 0.29) is 18.2 Å². The molecule has 0 radical (unpaired) electrons. The number of hydrogen-bond acceptors (Lipinski definition) is 4. The molecule has 0 bridgehead atoms. The molecule has 0 aromatic heterocycles. The van der Waals surface area contributed by atoms with Gasteiger partial charge in [0.2, 0.25) is 11.8 Å². The van der Waals surface area contributed by atoms with Crippen molar-refractivity contribution >= 4 is 40.1 Å². The number of carbonyl (C=O) groups excluding carboxylic acids is 2. The van der Waals surface area contributed by atoms with Gasteiger partial charge in [-0.3, -0.25) is 14.5 Å². The van der Waals surface area contributed by atoms with Crippen LogP contribution in [0.25, 0.3) is 0 Å².